The first kappa shape index (κ1) is 8.97. The van der Waals surface area contributed by atoms with Gasteiger partial charge in [-0.3, -0.25) is 4.90 Å². The van der Waals surface area contributed by atoms with Gasteiger partial charge in [0.15, 0.2) is 0 Å². The number of aliphatic hydroxyl groups is 1. The van der Waals surface area contributed by atoms with E-state index >= 15 is 0 Å². The van der Waals surface area contributed by atoms with Gasteiger partial charge in [-0.1, -0.05) is 6.92 Å². The highest BCUT2D eigenvalue weighted by Crippen LogP contribution is 2.06. The molecular weight excluding hydrogens is 140 g/mol. The lowest BCUT2D eigenvalue weighted by Crippen LogP contribution is -2.53. The molecule has 1 unspecified atom stereocenters. The van der Waals surface area contributed by atoms with Crippen LogP contribution in [-0.4, -0.2) is 60.8 Å². The van der Waals surface area contributed by atoms with Crippen LogP contribution in [0.25, 0.3) is 0 Å². The van der Waals surface area contributed by atoms with Crippen LogP contribution in [0.4, 0.5) is 0 Å². The zero-order chi connectivity index (χ0) is 8.27. The second-order valence-electron chi connectivity index (χ2n) is 3.23. The highest BCUT2D eigenvalue weighted by atomic mass is 16.3. The van der Waals surface area contributed by atoms with Crippen molar-refractivity contribution in [3.05, 3.63) is 0 Å². The van der Waals surface area contributed by atoms with Gasteiger partial charge in [0.1, 0.15) is 0 Å². The largest absolute Gasteiger partial charge is 0.395 e. The fraction of sp³-hybridized carbons (Fsp3) is 1.00. The number of rotatable bonds is 2. The molecule has 1 rings (SSSR count). The van der Waals surface area contributed by atoms with Gasteiger partial charge in [-0.2, -0.15) is 0 Å². The van der Waals surface area contributed by atoms with Gasteiger partial charge in [-0.25, -0.2) is 0 Å². The van der Waals surface area contributed by atoms with Crippen LogP contribution in [0.15, 0.2) is 0 Å². The van der Waals surface area contributed by atoms with Crippen molar-refractivity contribution in [2.45, 2.75) is 13.0 Å². The Labute approximate surface area is 68.6 Å². The highest BCUT2D eigenvalue weighted by molar-refractivity contribution is 4.78. The van der Waals surface area contributed by atoms with E-state index in [0.29, 0.717) is 6.04 Å². The van der Waals surface area contributed by atoms with Crippen LogP contribution < -0.4 is 0 Å². The molecule has 1 atom stereocenters. The molecule has 3 nitrogen and oxygen atoms in total. The van der Waals surface area contributed by atoms with Gasteiger partial charge in [0.25, 0.3) is 0 Å². The molecule has 0 aromatic heterocycles. The van der Waals surface area contributed by atoms with Crippen molar-refractivity contribution in [3.8, 4) is 0 Å². The predicted octanol–water partition coefficient (Wildman–Crippen LogP) is -0.385. The van der Waals surface area contributed by atoms with Gasteiger partial charge < -0.3 is 10.0 Å². The molecule has 0 aliphatic carbocycles. The van der Waals surface area contributed by atoms with E-state index in [1.165, 1.54) is 0 Å². The Kier molecular flexibility index (Phi) is 3.30. The summed E-state index contributed by atoms with van der Waals surface area (Å²) in [6, 6.07) is 0.360. The molecule has 1 N–H and O–H groups in total. The number of likely N-dealkylation sites (N-methyl/N-ethyl adjacent to an activating group) is 2. The predicted molar refractivity (Wildman–Crippen MR) is 45.6 cm³/mol. The maximum atomic E-state index is 9.04. The fourth-order valence-electron chi connectivity index (χ4n) is 1.64. The third-order valence-electron chi connectivity index (χ3n) is 2.42. The molecule has 3 heteroatoms. The van der Waals surface area contributed by atoms with Crippen LogP contribution in [0.1, 0.15) is 6.92 Å². The van der Waals surface area contributed by atoms with E-state index in [9.17, 15) is 0 Å². The van der Waals surface area contributed by atoms with Gasteiger partial charge >= 0.3 is 0 Å². The Morgan fingerprint density at radius 2 is 2.18 bits per heavy atom. The molecule has 0 saturated carbocycles. The SMILES string of the molecule is CCN1CCN(C)CC1CO. The van der Waals surface area contributed by atoms with Crippen LogP contribution in [0, 0.1) is 0 Å². The van der Waals surface area contributed by atoms with Crippen molar-refractivity contribution in [3.63, 3.8) is 0 Å². The minimum absolute atomic E-state index is 0.290. The summed E-state index contributed by atoms with van der Waals surface area (Å²) in [4.78, 5) is 4.60. The van der Waals surface area contributed by atoms with Gasteiger partial charge in [-0.15, -0.1) is 0 Å². The zero-order valence-corrected chi connectivity index (χ0v) is 7.45. The Morgan fingerprint density at radius 3 is 2.73 bits per heavy atom. The number of hydrogen-bond donors (Lipinski definition) is 1. The molecular formula is C8H18N2O. The van der Waals surface area contributed by atoms with E-state index in [2.05, 4.69) is 23.8 Å². The summed E-state index contributed by atoms with van der Waals surface area (Å²) in [5.74, 6) is 0. The maximum absolute atomic E-state index is 9.04. The van der Waals surface area contributed by atoms with Crippen LogP contribution in [0.3, 0.4) is 0 Å². The van der Waals surface area contributed by atoms with Crippen molar-refractivity contribution in [2.75, 3.05) is 39.8 Å². The third-order valence-corrected chi connectivity index (χ3v) is 2.42. The van der Waals surface area contributed by atoms with Crippen LogP contribution in [0.5, 0.6) is 0 Å². The summed E-state index contributed by atoms with van der Waals surface area (Å²) in [6.07, 6.45) is 0. The summed E-state index contributed by atoms with van der Waals surface area (Å²) >= 11 is 0. The minimum atomic E-state index is 0.290. The second-order valence-corrected chi connectivity index (χ2v) is 3.23. The molecule has 0 aromatic carbocycles. The molecule has 1 fully saturated rings. The fourth-order valence-corrected chi connectivity index (χ4v) is 1.64. The molecule has 0 aromatic rings. The summed E-state index contributed by atoms with van der Waals surface area (Å²) < 4.78 is 0. The van der Waals surface area contributed by atoms with Crippen molar-refractivity contribution in [1.82, 2.24) is 9.80 Å². The molecule has 0 spiro atoms. The van der Waals surface area contributed by atoms with E-state index in [1.807, 2.05) is 0 Å². The Balaban J connectivity index is 2.41. The molecule has 1 heterocycles. The first-order valence-electron chi connectivity index (χ1n) is 4.31. The van der Waals surface area contributed by atoms with E-state index in [4.69, 9.17) is 5.11 Å². The minimum Gasteiger partial charge on any atom is -0.395 e. The molecule has 1 aliphatic heterocycles. The average molecular weight is 158 g/mol. The lowest BCUT2D eigenvalue weighted by molar-refractivity contribution is 0.0552. The number of aliphatic hydroxyl groups excluding tert-OH is 1. The molecule has 1 aliphatic rings. The van der Waals surface area contributed by atoms with E-state index in [1.54, 1.807) is 0 Å². The number of hydrogen-bond acceptors (Lipinski definition) is 3. The maximum Gasteiger partial charge on any atom is 0.0599 e. The standard InChI is InChI=1S/C8H18N2O/c1-3-10-5-4-9(2)6-8(10)7-11/h8,11H,3-7H2,1-2H3. The molecule has 66 valence electrons. The highest BCUT2D eigenvalue weighted by Gasteiger charge is 2.22. The first-order valence-corrected chi connectivity index (χ1v) is 4.31. The van der Waals surface area contributed by atoms with Gasteiger partial charge in [0, 0.05) is 25.7 Å². The smallest absolute Gasteiger partial charge is 0.0599 e. The van der Waals surface area contributed by atoms with E-state index < -0.39 is 0 Å². The van der Waals surface area contributed by atoms with Gasteiger partial charge in [-0.05, 0) is 13.6 Å². The van der Waals surface area contributed by atoms with Gasteiger partial charge in [0.2, 0.25) is 0 Å². The van der Waals surface area contributed by atoms with Crippen molar-refractivity contribution in [2.24, 2.45) is 0 Å². The Hall–Kier alpha value is -0.120. The van der Waals surface area contributed by atoms with E-state index in [-0.39, 0.29) is 6.61 Å². The molecule has 0 radical (unpaired) electrons. The summed E-state index contributed by atoms with van der Waals surface area (Å²) in [6.45, 7) is 6.72. The zero-order valence-electron chi connectivity index (χ0n) is 7.45. The van der Waals surface area contributed by atoms with Crippen LogP contribution in [0.2, 0.25) is 0 Å². The Bertz CT molecular complexity index is 119. The molecule has 11 heavy (non-hydrogen) atoms. The average Bonchev–Trinajstić information content (AvgIpc) is 2.04. The third kappa shape index (κ3) is 2.15. The first-order chi connectivity index (χ1) is 5.27. The van der Waals surface area contributed by atoms with Crippen LogP contribution in [-0.2, 0) is 0 Å². The topological polar surface area (TPSA) is 26.7 Å². The molecule has 1 saturated heterocycles. The number of piperazine rings is 1. The summed E-state index contributed by atoms with van der Waals surface area (Å²) in [5, 5.41) is 9.04. The van der Waals surface area contributed by atoms with E-state index in [0.717, 1.165) is 26.2 Å². The van der Waals surface area contributed by atoms with Crippen molar-refractivity contribution >= 4 is 0 Å². The lowest BCUT2D eigenvalue weighted by atomic mass is 10.2. The van der Waals surface area contributed by atoms with Gasteiger partial charge in [0.05, 0.1) is 6.61 Å². The monoisotopic (exact) mass is 158 g/mol. The van der Waals surface area contributed by atoms with Crippen molar-refractivity contribution < 1.29 is 5.11 Å². The van der Waals surface area contributed by atoms with Crippen LogP contribution >= 0.6 is 0 Å². The molecule has 0 bridgehead atoms. The summed E-state index contributed by atoms with van der Waals surface area (Å²) in [5.41, 5.74) is 0. The Morgan fingerprint density at radius 1 is 1.45 bits per heavy atom. The quantitative estimate of drug-likeness (QED) is 0.593. The van der Waals surface area contributed by atoms with Crippen molar-refractivity contribution in [1.29, 1.82) is 0 Å². The lowest BCUT2D eigenvalue weighted by Gasteiger charge is -2.38. The summed E-state index contributed by atoms with van der Waals surface area (Å²) in [7, 11) is 2.11. The number of nitrogens with zero attached hydrogens (tertiary/aromatic N) is 2. The second kappa shape index (κ2) is 4.04. The molecule has 0 amide bonds. The normalized spacial score (nSPS) is 29.2.